The van der Waals surface area contributed by atoms with Crippen molar-refractivity contribution >= 4 is 12.2 Å². The third-order valence-corrected chi connectivity index (χ3v) is 0.880. The van der Waals surface area contributed by atoms with E-state index in [1.54, 1.807) is 6.29 Å². The zero-order valence-corrected chi connectivity index (χ0v) is 5.27. The lowest BCUT2D eigenvalue weighted by Gasteiger charge is -2.06. The quantitative estimate of drug-likeness (QED) is 0.349. The van der Waals surface area contributed by atoms with E-state index in [9.17, 15) is 4.79 Å². The average Bonchev–Trinajstić information content (AvgIpc) is 1.82. The molecule has 0 fully saturated rings. The summed E-state index contributed by atoms with van der Waals surface area (Å²) in [6, 6.07) is -0.428. The van der Waals surface area contributed by atoms with E-state index >= 15 is 0 Å². The summed E-state index contributed by atoms with van der Waals surface area (Å²) in [6.07, 6.45) is 2.30. The van der Waals surface area contributed by atoms with Crippen LogP contribution in [0.3, 0.4) is 0 Å². The molecule has 0 aliphatic rings. The second-order valence-corrected chi connectivity index (χ2v) is 1.64. The molecule has 0 aromatic rings. The molecule has 0 aromatic carbocycles. The molecule has 0 aromatic heterocycles. The Morgan fingerprint density at radius 3 is 2.67 bits per heavy atom. The van der Waals surface area contributed by atoms with Crippen LogP contribution in [-0.4, -0.2) is 18.3 Å². The van der Waals surface area contributed by atoms with E-state index in [-0.39, 0.29) is 5.96 Å². The van der Waals surface area contributed by atoms with Gasteiger partial charge in [0.15, 0.2) is 5.96 Å². The van der Waals surface area contributed by atoms with E-state index in [2.05, 4.69) is 5.32 Å². The number of nitrogens with one attached hydrogen (secondary N) is 2. The summed E-state index contributed by atoms with van der Waals surface area (Å²) >= 11 is 0. The number of guanidine groups is 1. The van der Waals surface area contributed by atoms with Crippen LogP contribution in [0.4, 0.5) is 0 Å². The van der Waals surface area contributed by atoms with Gasteiger partial charge in [-0.05, 0) is 6.42 Å². The zero-order valence-electron chi connectivity index (χ0n) is 5.27. The van der Waals surface area contributed by atoms with Crippen molar-refractivity contribution in [2.75, 3.05) is 0 Å². The van der Waals surface area contributed by atoms with Crippen LogP contribution in [0.15, 0.2) is 0 Å². The van der Waals surface area contributed by atoms with E-state index in [4.69, 9.17) is 11.1 Å². The fourth-order valence-electron chi connectivity index (χ4n) is 0.403. The third-order valence-electron chi connectivity index (χ3n) is 0.880. The molecule has 0 spiro atoms. The van der Waals surface area contributed by atoms with Crippen molar-refractivity contribution in [2.24, 2.45) is 5.73 Å². The lowest BCUT2D eigenvalue weighted by molar-refractivity contribution is 0.530. The third kappa shape index (κ3) is 3.52. The smallest absolute Gasteiger partial charge is 0.222 e. The predicted molar refractivity (Wildman–Crippen MR) is 34.8 cm³/mol. The van der Waals surface area contributed by atoms with Gasteiger partial charge in [-0.3, -0.25) is 10.2 Å². The molecule has 0 saturated carbocycles. The molecule has 1 radical (unpaired) electrons. The van der Waals surface area contributed by atoms with E-state index in [0.717, 1.165) is 0 Å². The molecule has 4 nitrogen and oxygen atoms in total. The molecule has 0 bridgehead atoms. The standard InChI is InChI=1S/C5H10N3O/c1-2-4(3-9)8-5(6)7/h4H,2H2,1H3,(H4,6,7,8). The molecule has 51 valence electrons. The Morgan fingerprint density at radius 2 is 2.56 bits per heavy atom. The van der Waals surface area contributed by atoms with Crippen LogP contribution >= 0.6 is 0 Å². The Bertz CT molecular complexity index is 113. The predicted octanol–water partition coefficient (Wildman–Crippen LogP) is -0.642. The van der Waals surface area contributed by atoms with Crippen molar-refractivity contribution in [1.29, 1.82) is 5.41 Å². The summed E-state index contributed by atoms with van der Waals surface area (Å²) in [5.74, 6) is -0.190. The van der Waals surface area contributed by atoms with Gasteiger partial charge in [0.25, 0.3) is 0 Å². The molecular weight excluding hydrogens is 118 g/mol. The summed E-state index contributed by atoms with van der Waals surface area (Å²) in [7, 11) is 0. The largest absolute Gasteiger partial charge is 0.370 e. The van der Waals surface area contributed by atoms with Crippen LogP contribution < -0.4 is 11.1 Å². The van der Waals surface area contributed by atoms with Gasteiger partial charge in [0.1, 0.15) is 0 Å². The molecule has 0 aliphatic heterocycles. The molecule has 4 heteroatoms. The molecule has 1 atom stereocenters. The molecule has 9 heavy (non-hydrogen) atoms. The van der Waals surface area contributed by atoms with Crippen LogP contribution in [0.1, 0.15) is 13.3 Å². The maximum absolute atomic E-state index is 9.93. The molecule has 0 heterocycles. The van der Waals surface area contributed by atoms with Gasteiger partial charge in [-0.1, -0.05) is 6.92 Å². The van der Waals surface area contributed by atoms with Gasteiger partial charge in [-0.15, -0.1) is 0 Å². The minimum Gasteiger partial charge on any atom is -0.370 e. The number of hydrogen-bond acceptors (Lipinski definition) is 2. The number of carbonyl (C=O) groups excluding carboxylic acids is 1. The average molecular weight is 128 g/mol. The minimum atomic E-state index is -0.428. The molecule has 0 aliphatic carbocycles. The van der Waals surface area contributed by atoms with Gasteiger partial charge in [-0.2, -0.15) is 0 Å². The number of nitrogens with two attached hydrogens (primary N) is 1. The second-order valence-electron chi connectivity index (χ2n) is 1.64. The first-order chi connectivity index (χ1) is 4.20. The maximum Gasteiger partial charge on any atom is 0.222 e. The van der Waals surface area contributed by atoms with Crippen LogP contribution in [0.5, 0.6) is 0 Å². The summed E-state index contributed by atoms with van der Waals surface area (Å²) < 4.78 is 0. The normalized spacial score (nSPS) is 12.1. The molecule has 1 unspecified atom stereocenters. The zero-order chi connectivity index (χ0) is 7.28. The molecule has 0 rings (SSSR count). The van der Waals surface area contributed by atoms with E-state index in [1.165, 1.54) is 0 Å². The van der Waals surface area contributed by atoms with Crippen molar-refractivity contribution in [3.05, 3.63) is 0 Å². The van der Waals surface area contributed by atoms with Gasteiger partial charge in [0.2, 0.25) is 6.29 Å². The Kier molecular flexibility index (Phi) is 3.43. The first kappa shape index (κ1) is 7.94. The summed E-state index contributed by atoms with van der Waals surface area (Å²) in [6.45, 7) is 1.81. The number of rotatable bonds is 3. The lowest BCUT2D eigenvalue weighted by atomic mass is 10.2. The minimum absolute atomic E-state index is 0.190. The monoisotopic (exact) mass is 128 g/mol. The Balaban J connectivity index is 3.55. The highest BCUT2D eigenvalue weighted by atomic mass is 16.1. The number of hydrogen-bond donors (Lipinski definition) is 3. The summed E-state index contributed by atoms with van der Waals surface area (Å²) in [5.41, 5.74) is 4.94. The van der Waals surface area contributed by atoms with Crippen LogP contribution in [0.2, 0.25) is 0 Å². The maximum atomic E-state index is 9.93. The fourth-order valence-corrected chi connectivity index (χ4v) is 0.403. The van der Waals surface area contributed by atoms with Gasteiger partial charge in [0, 0.05) is 0 Å². The van der Waals surface area contributed by atoms with Gasteiger partial charge >= 0.3 is 0 Å². The molecular formula is C5H10N3O. The van der Waals surface area contributed by atoms with Gasteiger partial charge in [0.05, 0.1) is 6.04 Å². The Hall–Kier alpha value is -1.06. The van der Waals surface area contributed by atoms with E-state index in [1.807, 2.05) is 6.92 Å². The summed E-state index contributed by atoms with van der Waals surface area (Å²) in [4.78, 5) is 9.93. The van der Waals surface area contributed by atoms with Crippen molar-refractivity contribution in [3.8, 4) is 0 Å². The van der Waals surface area contributed by atoms with Gasteiger partial charge in [-0.25, -0.2) is 0 Å². The topological polar surface area (TPSA) is 79.0 Å². The van der Waals surface area contributed by atoms with Crippen LogP contribution in [0.25, 0.3) is 0 Å². The highest BCUT2D eigenvalue weighted by Crippen LogP contribution is 1.82. The van der Waals surface area contributed by atoms with Crippen molar-refractivity contribution in [1.82, 2.24) is 5.32 Å². The van der Waals surface area contributed by atoms with Gasteiger partial charge < -0.3 is 11.1 Å². The first-order valence-electron chi connectivity index (χ1n) is 2.69. The summed E-state index contributed by atoms with van der Waals surface area (Å²) in [5, 5.41) is 9.14. The second kappa shape index (κ2) is 3.88. The highest BCUT2D eigenvalue weighted by Gasteiger charge is 2.02. The van der Waals surface area contributed by atoms with E-state index < -0.39 is 6.04 Å². The molecule has 0 saturated heterocycles. The fraction of sp³-hybridized carbons (Fsp3) is 0.600. The van der Waals surface area contributed by atoms with Crippen molar-refractivity contribution < 1.29 is 4.79 Å². The van der Waals surface area contributed by atoms with E-state index in [0.29, 0.717) is 6.42 Å². The molecule has 0 amide bonds. The van der Waals surface area contributed by atoms with Crippen LogP contribution in [-0.2, 0) is 4.79 Å². The lowest BCUT2D eigenvalue weighted by Crippen LogP contribution is -2.39. The molecule has 4 N–H and O–H groups in total. The van der Waals surface area contributed by atoms with Crippen molar-refractivity contribution in [2.45, 2.75) is 19.4 Å². The first-order valence-corrected chi connectivity index (χ1v) is 2.69. The Labute approximate surface area is 53.9 Å². The SMILES string of the molecule is CCC([C]=O)NC(=N)N. The van der Waals surface area contributed by atoms with Crippen LogP contribution in [0, 0.1) is 5.41 Å². The highest BCUT2D eigenvalue weighted by molar-refractivity contribution is 5.78. The van der Waals surface area contributed by atoms with Crippen molar-refractivity contribution in [3.63, 3.8) is 0 Å². The Morgan fingerprint density at radius 1 is 2.00 bits per heavy atom.